The minimum atomic E-state index is -4.35. The topological polar surface area (TPSA) is 33.2 Å². The first-order valence-corrected chi connectivity index (χ1v) is 5.28. The van der Waals surface area contributed by atoms with E-state index in [9.17, 15) is 18.0 Å². The van der Waals surface area contributed by atoms with Crippen molar-refractivity contribution < 1.29 is 18.0 Å². The molecule has 6 heteroatoms. The van der Waals surface area contributed by atoms with Gasteiger partial charge in [-0.3, -0.25) is 9.78 Å². The molecule has 0 aliphatic carbocycles. The maximum Gasteiger partial charge on any atom is 0.408 e. The Morgan fingerprint density at radius 1 is 1.47 bits per heavy atom. The number of hydrogen-bond acceptors (Lipinski definition) is 2. The van der Waals surface area contributed by atoms with Crippen LogP contribution in [-0.4, -0.2) is 34.6 Å². The van der Waals surface area contributed by atoms with E-state index in [1.165, 1.54) is 24.5 Å². The van der Waals surface area contributed by atoms with Gasteiger partial charge in [0.2, 0.25) is 0 Å². The molecule has 0 N–H and O–H groups in total. The SMILES string of the molecule is O=C(c1cccnc1)N1CCC[C@H]1C(F)(F)F. The van der Waals surface area contributed by atoms with Gasteiger partial charge in [-0.25, -0.2) is 0 Å². The first kappa shape index (κ1) is 11.9. The van der Waals surface area contributed by atoms with Gasteiger partial charge < -0.3 is 4.90 Å². The predicted molar refractivity (Wildman–Crippen MR) is 54.4 cm³/mol. The van der Waals surface area contributed by atoms with E-state index < -0.39 is 18.1 Å². The molecule has 1 fully saturated rings. The minimum absolute atomic E-state index is 0.0184. The molecular weight excluding hydrogens is 233 g/mol. The van der Waals surface area contributed by atoms with E-state index in [1.54, 1.807) is 0 Å². The van der Waals surface area contributed by atoms with Gasteiger partial charge in [0.1, 0.15) is 6.04 Å². The third kappa shape index (κ3) is 2.40. The van der Waals surface area contributed by atoms with Crippen LogP contribution in [0.2, 0.25) is 0 Å². The van der Waals surface area contributed by atoms with Gasteiger partial charge >= 0.3 is 6.18 Å². The molecule has 0 radical (unpaired) electrons. The molecule has 1 saturated heterocycles. The zero-order valence-electron chi connectivity index (χ0n) is 8.94. The van der Waals surface area contributed by atoms with Crippen LogP contribution in [0.25, 0.3) is 0 Å². The first-order valence-electron chi connectivity index (χ1n) is 5.28. The molecule has 0 saturated carbocycles. The van der Waals surface area contributed by atoms with Crippen LogP contribution in [0.3, 0.4) is 0 Å². The fourth-order valence-electron chi connectivity index (χ4n) is 2.01. The fraction of sp³-hybridized carbons (Fsp3) is 0.455. The van der Waals surface area contributed by atoms with Crippen LogP contribution in [0.4, 0.5) is 13.2 Å². The van der Waals surface area contributed by atoms with Crippen LogP contribution in [-0.2, 0) is 0 Å². The van der Waals surface area contributed by atoms with Crippen molar-refractivity contribution in [2.45, 2.75) is 25.1 Å². The molecule has 0 aromatic carbocycles. The monoisotopic (exact) mass is 244 g/mol. The fourth-order valence-corrected chi connectivity index (χ4v) is 2.01. The maximum atomic E-state index is 12.7. The number of carbonyl (C=O) groups is 1. The molecule has 92 valence electrons. The Balaban J connectivity index is 2.20. The second-order valence-electron chi connectivity index (χ2n) is 3.94. The summed E-state index contributed by atoms with van der Waals surface area (Å²) in [4.78, 5) is 16.5. The standard InChI is InChI=1S/C11H11F3N2O/c12-11(13,14)9-4-2-6-16(9)10(17)8-3-1-5-15-7-8/h1,3,5,7,9H,2,4,6H2/t9-/m0/s1. The Kier molecular flexibility index (Phi) is 3.04. The average Bonchev–Trinajstić information content (AvgIpc) is 2.78. The molecule has 1 atom stereocenters. The maximum absolute atomic E-state index is 12.7. The molecule has 0 bridgehead atoms. The molecule has 1 aliphatic rings. The summed E-state index contributed by atoms with van der Waals surface area (Å²) in [5.74, 6) is -0.599. The number of halogens is 3. The molecule has 17 heavy (non-hydrogen) atoms. The Labute approximate surface area is 96.3 Å². The molecule has 0 unspecified atom stereocenters. The van der Waals surface area contributed by atoms with Gasteiger partial charge in [0.25, 0.3) is 5.91 Å². The lowest BCUT2D eigenvalue weighted by Gasteiger charge is -2.26. The molecule has 1 amide bonds. The van der Waals surface area contributed by atoms with E-state index in [2.05, 4.69) is 4.98 Å². The van der Waals surface area contributed by atoms with Gasteiger partial charge in [-0.2, -0.15) is 13.2 Å². The van der Waals surface area contributed by atoms with Gasteiger partial charge in [0.15, 0.2) is 0 Å². The molecule has 1 aromatic rings. The smallest absolute Gasteiger partial charge is 0.326 e. The number of rotatable bonds is 1. The summed E-state index contributed by atoms with van der Waals surface area (Å²) < 4.78 is 38.0. The van der Waals surface area contributed by atoms with Crippen LogP contribution < -0.4 is 0 Å². The largest absolute Gasteiger partial charge is 0.408 e. The van der Waals surface area contributed by atoms with E-state index in [0.29, 0.717) is 6.42 Å². The number of hydrogen-bond donors (Lipinski definition) is 0. The average molecular weight is 244 g/mol. The van der Waals surface area contributed by atoms with Crippen molar-refractivity contribution >= 4 is 5.91 Å². The lowest BCUT2D eigenvalue weighted by atomic mass is 10.2. The summed E-state index contributed by atoms with van der Waals surface area (Å²) in [6.45, 7) is 0.151. The van der Waals surface area contributed by atoms with E-state index in [0.717, 1.165) is 4.90 Å². The Morgan fingerprint density at radius 2 is 2.24 bits per heavy atom. The van der Waals surface area contributed by atoms with Gasteiger partial charge in [-0.1, -0.05) is 0 Å². The predicted octanol–water partition coefficient (Wildman–Crippen LogP) is 2.25. The lowest BCUT2D eigenvalue weighted by Crippen LogP contribution is -2.44. The number of amides is 1. The normalized spacial score (nSPS) is 20.6. The van der Waals surface area contributed by atoms with E-state index in [-0.39, 0.29) is 18.5 Å². The van der Waals surface area contributed by atoms with Crippen molar-refractivity contribution in [3.05, 3.63) is 30.1 Å². The third-order valence-corrected chi connectivity index (χ3v) is 2.80. The first-order chi connectivity index (χ1) is 8.00. The van der Waals surface area contributed by atoms with Crippen LogP contribution in [0, 0.1) is 0 Å². The van der Waals surface area contributed by atoms with Crippen LogP contribution in [0.15, 0.2) is 24.5 Å². The highest BCUT2D eigenvalue weighted by atomic mass is 19.4. The Hall–Kier alpha value is -1.59. The lowest BCUT2D eigenvalue weighted by molar-refractivity contribution is -0.169. The quantitative estimate of drug-likeness (QED) is 0.759. The minimum Gasteiger partial charge on any atom is -0.326 e. The highest BCUT2D eigenvalue weighted by Crippen LogP contribution is 2.33. The van der Waals surface area contributed by atoms with E-state index >= 15 is 0 Å². The number of carbonyl (C=O) groups excluding carboxylic acids is 1. The van der Waals surface area contributed by atoms with Crippen molar-refractivity contribution in [3.63, 3.8) is 0 Å². The summed E-state index contributed by atoms with van der Waals surface area (Å²) >= 11 is 0. The number of pyridine rings is 1. The van der Waals surface area contributed by atoms with Gasteiger partial charge in [0, 0.05) is 18.9 Å². The van der Waals surface area contributed by atoms with E-state index in [1.807, 2.05) is 0 Å². The molecule has 3 nitrogen and oxygen atoms in total. The highest BCUT2D eigenvalue weighted by molar-refractivity contribution is 5.94. The summed E-state index contributed by atoms with van der Waals surface area (Å²) in [6.07, 6.45) is -1.23. The zero-order chi connectivity index (χ0) is 12.5. The van der Waals surface area contributed by atoms with Crippen molar-refractivity contribution in [1.29, 1.82) is 0 Å². The summed E-state index contributed by atoms with van der Waals surface area (Å²) in [6, 6.07) is 1.35. The van der Waals surface area contributed by atoms with E-state index in [4.69, 9.17) is 0 Å². The van der Waals surface area contributed by atoms with Gasteiger partial charge in [-0.15, -0.1) is 0 Å². The number of likely N-dealkylation sites (tertiary alicyclic amines) is 1. The number of aromatic nitrogens is 1. The second kappa shape index (κ2) is 4.35. The highest BCUT2D eigenvalue weighted by Gasteiger charge is 2.47. The van der Waals surface area contributed by atoms with Crippen LogP contribution in [0.1, 0.15) is 23.2 Å². The summed E-state index contributed by atoms with van der Waals surface area (Å²) in [7, 11) is 0. The summed E-state index contributed by atoms with van der Waals surface area (Å²) in [5.41, 5.74) is 0.198. The van der Waals surface area contributed by atoms with Crippen molar-refractivity contribution in [1.82, 2.24) is 9.88 Å². The van der Waals surface area contributed by atoms with Crippen LogP contribution >= 0.6 is 0 Å². The van der Waals surface area contributed by atoms with Crippen LogP contribution in [0.5, 0.6) is 0 Å². The van der Waals surface area contributed by atoms with Gasteiger partial charge in [0.05, 0.1) is 5.56 Å². The Morgan fingerprint density at radius 3 is 2.82 bits per heavy atom. The zero-order valence-corrected chi connectivity index (χ0v) is 8.94. The Bertz CT molecular complexity index is 405. The molecule has 0 spiro atoms. The van der Waals surface area contributed by atoms with Crippen molar-refractivity contribution in [2.75, 3.05) is 6.54 Å². The second-order valence-corrected chi connectivity index (χ2v) is 3.94. The number of alkyl halides is 3. The molecule has 1 aliphatic heterocycles. The molecule has 2 rings (SSSR count). The van der Waals surface area contributed by atoms with Gasteiger partial charge in [-0.05, 0) is 25.0 Å². The third-order valence-electron chi connectivity index (χ3n) is 2.80. The molecule has 1 aromatic heterocycles. The summed E-state index contributed by atoms with van der Waals surface area (Å²) in [5, 5.41) is 0. The molecule has 2 heterocycles. The number of nitrogens with zero attached hydrogens (tertiary/aromatic N) is 2. The van der Waals surface area contributed by atoms with Crippen molar-refractivity contribution in [3.8, 4) is 0 Å². The molecular formula is C11H11F3N2O. The van der Waals surface area contributed by atoms with Crippen molar-refractivity contribution in [2.24, 2.45) is 0 Å².